The van der Waals surface area contributed by atoms with Crippen LogP contribution >= 0.6 is 0 Å². The van der Waals surface area contributed by atoms with Gasteiger partial charge in [0.2, 0.25) is 0 Å². The fraction of sp³-hybridized carbons (Fsp3) is 0.200. The van der Waals surface area contributed by atoms with E-state index in [1.54, 1.807) is 0 Å². The van der Waals surface area contributed by atoms with Gasteiger partial charge >= 0.3 is 12.1 Å². The maximum atomic E-state index is 12.9. The number of rotatable bonds is 3. The zero-order valence-electron chi connectivity index (χ0n) is 16.3. The summed E-state index contributed by atoms with van der Waals surface area (Å²) < 4.78 is 5.70. The van der Waals surface area contributed by atoms with E-state index in [2.05, 4.69) is 24.3 Å². The summed E-state index contributed by atoms with van der Waals surface area (Å²) in [6.45, 7) is 0.418. The maximum Gasteiger partial charge on any atom is 0.410 e. The molecule has 0 bridgehead atoms. The summed E-state index contributed by atoms with van der Waals surface area (Å²) in [4.78, 5) is 26.1. The third kappa shape index (κ3) is 3.03. The third-order valence-electron chi connectivity index (χ3n) is 6.10. The van der Waals surface area contributed by atoms with E-state index in [1.165, 1.54) is 4.90 Å². The van der Waals surface area contributed by atoms with Gasteiger partial charge in [0, 0.05) is 12.3 Å². The van der Waals surface area contributed by atoms with Gasteiger partial charge in [0.05, 0.1) is 6.54 Å². The number of carboxylic acids is 1. The molecule has 5 rings (SSSR count). The van der Waals surface area contributed by atoms with Crippen LogP contribution in [-0.4, -0.2) is 34.7 Å². The van der Waals surface area contributed by atoms with Crippen LogP contribution in [0.1, 0.15) is 28.2 Å². The maximum absolute atomic E-state index is 12.9. The van der Waals surface area contributed by atoms with E-state index in [0.29, 0.717) is 0 Å². The second-order valence-electron chi connectivity index (χ2n) is 7.76. The number of carbonyl (C=O) groups is 2. The molecular weight excluding hydrogens is 378 g/mol. The van der Waals surface area contributed by atoms with Crippen molar-refractivity contribution in [3.63, 3.8) is 0 Å². The fourth-order valence-electron chi connectivity index (χ4n) is 4.61. The van der Waals surface area contributed by atoms with Crippen LogP contribution in [0.5, 0.6) is 0 Å². The first-order valence-electron chi connectivity index (χ1n) is 10.0. The molecule has 1 heterocycles. The lowest BCUT2D eigenvalue weighted by Gasteiger charge is -2.33. The molecule has 5 nitrogen and oxygen atoms in total. The van der Waals surface area contributed by atoms with Gasteiger partial charge in [-0.15, -0.1) is 0 Å². The zero-order chi connectivity index (χ0) is 20.7. The molecule has 2 aliphatic rings. The number of hydrogen-bond donors (Lipinski definition) is 1. The van der Waals surface area contributed by atoms with Crippen LogP contribution in [0, 0.1) is 0 Å². The lowest BCUT2D eigenvalue weighted by atomic mass is 9.94. The van der Waals surface area contributed by atoms with Crippen LogP contribution in [0.25, 0.3) is 11.1 Å². The van der Waals surface area contributed by atoms with Gasteiger partial charge in [-0.05, 0) is 33.4 Å². The zero-order valence-corrected chi connectivity index (χ0v) is 16.3. The van der Waals surface area contributed by atoms with E-state index in [0.717, 1.165) is 33.4 Å². The lowest BCUT2D eigenvalue weighted by molar-refractivity contribution is -0.143. The molecule has 1 N–H and O–H groups in total. The van der Waals surface area contributed by atoms with Gasteiger partial charge in [0.25, 0.3) is 0 Å². The fourth-order valence-corrected chi connectivity index (χ4v) is 4.61. The summed E-state index contributed by atoms with van der Waals surface area (Å²) in [7, 11) is 0. The highest BCUT2D eigenvalue weighted by molar-refractivity contribution is 5.82. The van der Waals surface area contributed by atoms with Crippen LogP contribution in [0.4, 0.5) is 4.79 Å². The van der Waals surface area contributed by atoms with Crippen molar-refractivity contribution in [2.75, 3.05) is 6.61 Å². The topological polar surface area (TPSA) is 66.8 Å². The Kier molecular flexibility index (Phi) is 4.51. The summed E-state index contributed by atoms with van der Waals surface area (Å²) >= 11 is 0. The Balaban J connectivity index is 1.38. The summed E-state index contributed by atoms with van der Waals surface area (Å²) in [5, 5.41) is 9.67. The van der Waals surface area contributed by atoms with E-state index < -0.39 is 18.1 Å². The molecule has 150 valence electrons. The predicted octanol–water partition coefficient (Wildman–Crippen LogP) is 4.45. The Morgan fingerprint density at radius 1 is 0.867 bits per heavy atom. The normalized spacial score (nSPS) is 17.1. The minimum Gasteiger partial charge on any atom is -0.480 e. The van der Waals surface area contributed by atoms with Crippen molar-refractivity contribution in [1.82, 2.24) is 4.90 Å². The van der Waals surface area contributed by atoms with E-state index >= 15 is 0 Å². The quantitative estimate of drug-likeness (QED) is 0.707. The minimum absolute atomic E-state index is 0.0540. The van der Waals surface area contributed by atoms with Crippen molar-refractivity contribution < 1.29 is 19.4 Å². The number of hydrogen-bond acceptors (Lipinski definition) is 3. The lowest BCUT2D eigenvalue weighted by Crippen LogP contribution is -2.49. The van der Waals surface area contributed by atoms with E-state index in [4.69, 9.17) is 4.74 Å². The molecule has 0 saturated heterocycles. The smallest absolute Gasteiger partial charge is 0.410 e. The van der Waals surface area contributed by atoms with Crippen molar-refractivity contribution in [1.29, 1.82) is 0 Å². The number of nitrogens with zero attached hydrogens (tertiary/aromatic N) is 1. The standard InChI is InChI=1S/C25H21NO4/c27-24(28)23-13-16-7-1-2-8-17(16)14-26(23)25(29)30-15-22-20-11-5-3-9-18(20)19-10-4-6-12-21(19)22/h1-12,22-23H,13-15H2,(H,27,28)/t23-/m0/s1. The van der Waals surface area contributed by atoms with Crippen molar-refractivity contribution >= 4 is 12.1 Å². The molecule has 30 heavy (non-hydrogen) atoms. The van der Waals surface area contributed by atoms with Crippen molar-refractivity contribution in [3.8, 4) is 11.1 Å². The number of carbonyl (C=O) groups excluding carboxylic acids is 1. The molecule has 0 radical (unpaired) electrons. The minimum atomic E-state index is -1.02. The molecule has 0 fully saturated rings. The molecule has 1 atom stereocenters. The van der Waals surface area contributed by atoms with Crippen molar-refractivity contribution in [3.05, 3.63) is 95.1 Å². The number of amides is 1. The Morgan fingerprint density at radius 3 is 2.07 bits per heavy atom. The Hall–Kier alpha value is -3.60. The van der Waals surface area contributed by atoms with E-state index in [1.807, 2.05) is 48.5 Å². The highest BCUT2D eigenvalue weighted by Crippen LogP contribution is 2.44. The van der Waals surface area contributed by atoms with Gasteiger partial charge < -0.3 is 9.84 Å². The number of fused-ring (bicyclic) bond motifs is 4. The molecule has 5 heteroatoms. The van der Waals surface area contributed by atoms with Crippen LogP contribution < -0.4 is 0 Å². The van der Waals surface area contributed by atoms with Crippen LogP contribution in [-0.2, 0) is 22.5 Å². The number of benzene rings is 3. The molecule has 1 amide bonds. The first-order chi connectivity index (χ1) is 14.6. The first kappa shape index (κ1) is 18.4. The van der Waals surface area contributed by atoms with Gasteiger partial charge in [-0.25, -0.2) is 9.59 Å². The molecule has 3 aromatic rings. The van der Waals surface area contributed by atoms with Gasteiger partial charge in [-0.1, -0.05) is 72.8 Å². The molecule has 3 aromatic carbocycles. The molecule has 1 aliphatic heterocycles. The summed E-state index contributed by atoms with van der Waals surface area (Å²) in [6, 6.07) is 23.0. The largest absolute Gasteiger partial charge is 0.480 e. The van der Waals surface area contributed by atoms with Gasteiger partial charge in [-0.3, -0.25) is 4.90 Å². The number of aliphatic carboxylic acids is 1. The third-order valence-corrected chi connectivity index (χ3v) is 6.10. The Labute approximate surface area is 174 Å². The molecule has 0 aromatic heterocycles. The first-order valence-corrected chi connectivity index (χ1v) is 10.0. The SMILES string of the molecule is O=C(O)[C@@H]1Cc2ccccc2CN1C(=O)OCC1c2ccccc2-c2ccccc21. The molecule has 0 unspecified atom stereocenters. The van der Waals surface area contributed by atoms with Crippen LogP contribution in [0.2, 0.25) is 0 Å². The van der Waals surface area contributed by atoms with Crippen LogP contribution in [0.15, 0.2) is 72.8 Å². The van der Waals surface area contributed by atoms with Gasteiger partial charge in [-0.2, -0.15) is 0 Å². The average Bonchev–Trinajstić information content (AvgIpc) is 3.10. The molecule has 1 aliphatic carbocycles. The van der Waals surface area contributed by atoms with Crippen LogP contribution in [0.3, 0.4) is 0 Å². The van der Waals surface area contributed by atoms with Crippen molar-refractivity contribution in [2.24, 2.45) is 0 Å². The highest BCUT2D eigenvalue weighted by Gasteiger charge is 2.36. The number of carboxylic acid groups (broad SMARTS) is 1. The number of ether oxygens (including phenoxy) is 1. The Morgan fingerprint density at radius 2 is 1.43 bits per heavy atom. The second kappa shape index (κ2) is 7.34. The molecular formula is C25H21NO4. The average molecular weight is 399 g/mol. The van der Waals surface area contributed by atoms with Gasteiger partial charge in [0.1, 0.15) is 12.6 Å². The second-order valence-corrected chi connectivity index (χ2v) is 7.76. The highest BCUT2D eigenvalue weighted by atomic mass is 16.6. The summed E-state index contributed by atoms with van der Waals surface area (Å²) in [5.74, 6) is -1.07. The van der Waals surface area contributed by atoms with Crippen molar-refractivity contribution in [2.45, 2.75) is 24.9 Å². The van der Waals surface area contributed by atoms with E-state index in [9.17, 15) is 14.7 Å². The van der Waals surface area contributed by atoms with E-state index in [-0.39, 0.29) is 25.5 Å². The molecule has 0 saturated carbocycles. The van der Waals surface area contributed by atoms with Gasteiger partial charge in [0.15, 0.2) is 0 Å². The summed E-state index contributed by atoms with van der Waals surface area (Å²) in [6.07, 6.45) is -0.297. The monoisotopic (exact) mass is 399 g/mol. The molecule has 0 spiro atoms. The summed E-state index contributed by atoms with van der Waals surface area (Å²) in [5.41, 5.74) is 6.50. The predicted molar refractivity (Wildman–Crippen MR) is 112 cm³/mol. The Bertz CT molecular complexity index is 1090.